The third-order valence-electron chi connectivity index (χ3n) is 3.17. The fraction of sp³-hybridized carbons (Fsp3) is 0.467. The number of nitrogens with two attached hydrogens (primary N) is 1. The molecule has 0 aromatic heterocycles. The van der Waals surface area contributed by atoms with Crippen LogP contribution in [0.4, 0.5) is 4.39 Å². The second-order valence-electron chi connectivity index (χ2n) is 4.98. The molecule has 0 fully saturated rings. The number of amides is 1. The summed E-state index contributed by atoms with van der Waals surface area (Å²) in [6.07, 6.45) is 2.33. The van der Waals surface area contributed by atoms with Crippen molar-refractivity contribution in [3.63, 3.8) is 0 Å². The van der Waals surface area contributed by atoms with Gasteiger partial charge in [-0.1, -0.05) is 31.9 Å². The zero-order valence-corrected chi connectivity index (χ0v) is 12.0. The van der Waals surface area contributed by atoms with Gasteiger partial charge in [-0.05, 0) is 24.1 Å². The summed E-state index contributed by atoms with van der Waals surface area (Å²) < 4.78 is 12.8. The van der Waals surface area contributed by atoms with Crippen LogP contribution in [0.15, 0.2) is 24.3 Å². The summed E-state index contributed by atoms with van der Waals surface area (Å²) in [7, 11) is 0. The first-order valence-corrected chi connectivity index (χ1v) is 6.97. The number of carbonyl (C=O) groups is 2. The molecule has 1 amide bonds. The number of hydrogen-bond acceptors (Lipinski definition) is 3. The number of carboxylic acids is 1. The van der Waals surface area contributed by atoms with Crippen LogP contribution in [-0.2, 0) is 16.0 Å². The average Bonchev–Trinajstić information content (AvgIpc) is 2.45. The molecular formula is C15H21FN2O3. The second-order valence-corrected chi connectivity index (χ2v) is 4.98. The van der Waals surface area contributed by atoms with Crippen molar-refractivity contribution in [2.24, 2.45) is 5.73 Å². The number of hydrogen-bond donors (Lipinski definition) is 3. The molecule has 5 nitrogen and oxygen atoms in total. The molecule has 1 unspecified atom stereocenters. The largest absolute Gasteiger partial charge is 0.480 e. The van der Waals surface area contributed by atoms with Crippen LogP contribution in [0.5, 0.6) is 0 Å². The van der Waals surface area contributed by atoms with Gasteiger partial charge in [-0.25, -0.2) is 9.18 Å². The topological polar surface area (TPSA) is 92.4 Å². The van der Waals surface area contributed by atoms with Gasteiger partial charge in [0, 0.05) is 6.42 Å². The predicted molar refractivity (Wildman–Crippen MR) is 77.2 cm³/mol. The Bertz CT molecular complexity index is 476. The van der Waals surface area contributed by atoms with Crippen molar-refractivity contribution in [2.45, 2.75) is 44.7 Å². The van der Waals surface area contributed by atoms with Gasteiger partial charge in [-0.3, -0.25) is 4.79 Å². The van der Waals surface area contributed by atoms with Gasteiger partial charge < -0.3 is 16.2 Å². The van der Waals surface area contributed by atoms with E-state index < -0.39 is 29.8 Å². The zero-order valence-electron chi connectivity index (χ0n) is 12.0. The minimum absolute atomic E-state index is 0.0852. The normalized spacial score (nSPS) is 13.5. The summed E-state index contributed by atoms with van der Waals surface area (Å²) in [5.41, 5.74) is 6.34. The van der Waals surface area contributed by atoms with Crippen molar-refractivity contribution in [3.8, 4) is 0 Å². The van der Waals surface area contributed by atoms with E-state index in [-0.39, 0.29) is 6.42 Å². The maximum absolute atomic E-state index is 12.8. The van der Waals surface area contributed by atoms with Crippen LogP contribution in [0, 0.1) is 5.82 Å². The maximum Gasteiger partial charge on any atom is 0.326 e. The molecule has 0 spiro atoms. The molecule has 0 radical (unpaired) electrons. The van der Waals surface area contributed by atoms with Crippen LogP contribution in [-0.4, -0.2) is 29.1 Å². The molecular weight excluding hydrogens is 275 g/mol. The highest BCUT2D eigenvalue weighted by atomic mass is 19.1. The molecule has 2 atom stereocenters. The fourth-order valence-electron chi connectivity index (χ4n) is 1.89. The molecule has 1 aromatic rings. The summed E-state index contributed by atoms with van der Waals surface area (Å²) in [6, 6.07) is 3.71. The molecule has 0 saturated heterocycles. The summed E-state index contributed by atoms with van der Waals surface area (Å²) in [5, 5.41) is 11.6. The Balaban J connectivity index is 2.63. The van der Waals surface area contributed by atoms with E-state index in [0.717, 1.165) is 12.8 Å². The SMILES string of the molecule is CCCC[C@H](N)C(=O)NC(Cc1ccc(F)cc1)C(=O)O. The van der Waals surface area contributed by atoms with E-state index in [1.165, 1.54) is 24.3 Å². The number of carboxylic acid groups (broad SMARTS) is 1. The Kier molecular flexibility index (Phi) is 6.81. The lowest BCUT2D eigenvalue weighted by molar-refractivity contribution is -0.142. The molecule has 0 aliphatic heterocycles. The highest BCUT2D eigenvalue weighted by Gasteiger charge is 2.23. The highest BCUT2D eigenvalue weighted by Crippen LogP contribution is 2.07. The van der Waals surface area contributed by atoms with E-state index in [1.807, 2.05) is 6.92 Å². The fourth-order valence-corrected chi connectivity index (χ4v) is 1.89. The Hall–Kier alpha value is -1.95. The van der Waals surface area contributed by atoms with Crippen molar-refractivity contribution in [2.75, 3.05) is 0 Å². The van der Waals surface area contributed by atoms with E-state index in [4.69, 9.17) is 10.8 Å². The number of unbranched alkanes of at least 4 members (excludes halogenated alkanes) is 1. The molecule has 6 heteroatoms. The Morgan fingerprint density at radius 2 is 1.95 bits per heavy atom. The van der Waals surface area contributed by atoms with Gasteiger partial charge in [0.25, 0.3) is 0 Å². The zero-order chi connectivity index (χ0) is 15.8. The van der Waals surface area contributed by atoms with Gasteiger partial charge in [0.05, 0.1) is 6.04 Å². The van der Waals surface area contributed by atoms with Gasteiger partial charge in [0.1, 0.15) is 11.9 Å². The van der Waals surface area contributed by atoms with Crippen LogP contribution >= 0.6 is 0 Å². The first-order valence-electron chi connectivity index (χ1n) is 6.97. The van der Waals surface area contributed by atoms with Crippen molar-refractivity contribution >= 4 is 11.9 Å². The number of benzene rings is 1. The molecule has 21 heavy (non-hydrogen) atoms. The molecule has 0 bridgehead atoms. The van der Waals surface area contributed by atoms with Gasteiger partial charge in [-0.2, -0.15) is 0 Å². The maximum atomic E-state index is 12.8. The van der Waals surface area contributed by atoms with Crippen molar-refractivity contribution in [1.82, 2.24) is 5.32 Å². The highest BCUT2D eigenvalue weighted by molar-refractivity contribution is 5.86. The first kappa shape index (κ1) is 17.1. The molecule has 0 aliphatic rings. The lowest BCUT2D eigenvalue weighted by Gasteiger charge is -2.18. The minimum atomic E-state index is -1.14. The Morgan fingerprint density at radius 1 is 1.33 bits per heavy atom. The summed E-state index contributed by atoms with van der Waals surface area (Å²) >= 11 is 0. The predicted octanol–water partition coefficient (Wildman–Crippen LogP) is 1.46. The standard InChI is InChI=1S/C15H21FN2O3/c1-2-3-4-12(17)14(19)18-13(15(20)21)9-10-5-7-11(16)8-6-10/h5-8,12-13H,2-4,9,17H2,1H3,(H,18,19)(H,20,21)/t12-,13?/m0/s1. The first-order chi connectivity index (χ1) is 9.93. The summed E-state index contributed by atoms with van der Waals surface area (Å²) in [5.74, 6) is -2.01. The van der Waals surface area contributed by atoms with Gasteiger partial charge in [0.2, 0.25) is 5.91 Å². The molecule has 1 aromatic carbocycles. The number of aliphatic carboxylic acids is 1. The molecule has 1 rings (SSSR count). The van der Waals surface area contributed by atoms with E-state index in [2.05, 4.69) is 5.32 Å². The van der Waals surface area contributed by atoms with E-state index in [0.29, 0.717) is 12.0 Å². The number of carbonyl (C=O) groups excluding carboxylic acids is 1. The van der Waals surface area contributed by atoms with Crippen LogP contribution < -0.4 is 11.1 Å². The van der Waals surface area contributed by atoms with Gasteiger partial charge in [0.15, 0.2) is 0 Å². The smallest absolute Gasteiger partial charge is 0.326 e. The van der Waals surface area contributed by atoms with Crippen molar-refractivity contribution in [3.05, 3.63) is 35.6 Å². The van der Waals surface area contributed by atoms with Gasteiger partial charge >= 0.3 is 5.97 Å². The Morgan fingerprint density at radius 3 is 2.48 bits per heavy atom. The number of nitrogens with one attached hydrogen (secondary N) is 1. The lowest BCUT2D eigenvalue weighted by atomic mass is 10.0. The second kappa shape index (κ2) is 8.36. The monoisotopic (exact) mass is 296 g/mol. The Labute approximate surface area is 123 Å². The van der Waals surface area contributed by atoms with Crippen LogP contribution in [0.25, 0.3) is 0 Å². The third-order valence-corrected chi connectivity index (χ3v) is 3.17. The van der Waals surface area contributed by atoms with E-state index in [1.54, 1.807) is 0 Å². The minimum Gasteiger partial charge on any atom is -0.480 e. The lowest BCUT2D eigenvalue weighted by Crippen LogP contribution is -2.49. The quantitative estimate of drug-likeness (QED) is 0.677. The number of rotatable bonds is 8. The summed E-state index contributed by atoms with van der Waals surface area (Å²) in [4.78, 5) is 23.1. The molecule has 0 heterocycles. The molecule has 0 saturated carbocycles. The average molecular weight is 296 g/mol. The van der Waals surface area contributed by atoms with Crippen LogP contribution in [0.2, 0.25) is 0 Å². The van der Waals surface area contributed by atoms with E-state index >= 15 is 0 Å². The summed E-state index contributed by atoms with van der Waals surface area (Å²) in [6.45, 7) is 1.99. The van der Waals surface area contributed by atoms with Crippen molar-refractivity contribution in [1.29, 1.82) is 0 Å². The molecule has 116 valence electrons. The van der Waals surface area contributed by atoms with Crippen LogP contribution in [0.1, 0.15) is 31.7 Å². The third kappa shape index (κ3) is 5.91. The molecule has 0 aliphatic carbocycles. The van der Waals surface area contributed by atoms with Crippen LogP contribution in [0.3, 0.4) is 0 Å². The molecule has 4 N–H and O–H groups in total. The number of halogens is 1. The van der Waals surface area contributed by atoms with Crippen molar-refractivity contribution < 1.29 is 19.1 Å². The van der Waals surface area contributed by atoms with Gasteiger partial charge in [-0.15, -0.1) is 0 Å². The van der Waals surface area contributed by atoms with E-state index in [9.17, 15) is 14.0 Å².